The van der Waals surface area contributed by atoms with Crippen molar-refractivity contribution in [3.8, 4) is 0 Å². The van der Waals surface area contributed by atoms with E-state index in [4.69, 9.17) is 14.4 Å². The van der Waals surface area contributed by atoms with E-state index in [1.165, 1.54) is 0 Å². The average molecular weight is 255 g/mol. The predicted molar refractivity (Wildman–Crippen MR) is 70.5 cm³/mol. The number of hydrogen-bond acceptors (Lipinski definition) is 3. The Balaban J connectivity index is 2.68. The van der Waals surface area contributed by atoms with Gasteiger partial charge in [0.15, 0.2) is 0 Å². The highest BCUT2D eigenvalue weighted by Crippen LogP contribution is 2.36. The van der Waals surface area contributed by atoms with Crippen LogP contribution in [0.5, 0.6) is 0 Å². The van der Waals surface area contributed by atoms with Crippen molar-refractivity contribution >= 4 is 13.2 Å². The first-order valence-electron chi connectivity index (χ1n) is 6.01. The van der Waals surface area contributed by atoms with Crippen molar-refractivity contribution in [1.29, 1.82) is 0 Å². The van der Waals surface area contributed by atoms with E-state index in [1.807, 2.05) is 27.7 Å². The van der Waals surface area contributed by atoms with Crippen molar-refractivity contribution in [2.75, 3.05) is 0 Å². The van der Waals surface area contributed by atoms with E-state index in [0.29, 0.717) is 0 Å². The van der Waals surface area contributed by atoms with E-state index in [-0.39, 0.29) is 11.2 Å². The van der Waals surface area contributed by atoms with Crippen molar-refractivity contribution in [3.05, 3.63) is 12.1 Å². The van der Waals surface area contributed by atoms with Crippen LogP contribution in [0.4, 0.5) is 4.79 Å². The van der Waals surface area contributed by atoms with Crippen LogP contribution in [0.2, 0.25) is 0 Å². The van der Waals surface area contributed by atoms with Crippen molar-refractivity contribution in [1.82, 2.24) is 5.32 Å². The monoisotopic (exact) mass is 255 g/mol. The van der Waals surface area contributed by atoms with Crippen molar-refractivity contribution in [2.24, 2.45) is 0 Å². The fourth-order valence-electron chi connectivity index (χ4n) is 1.60. The molecule has 0 aromatic rings. The van der Waals surface area contributed by atoms with Gasteiger partial charge >= 0.3 is 13.2 Å². The van der Waals surface area contributed by atoms with Gasteiger partial charge in [-0.2, -0.15) is 0 Å². The molecular weight excluding hydrogens is 233 g/mol. The molecule has 0 unspecified atom stereocenters. The minimum atomic E-state index is -1.06. The summed E-state index contributed by atoms with van der Waals surface area (Å²) in [4.78, 5) is 10.6. The highest BCUT2D eigenvalue weighted by atomic mass is 16.7. The summed E-state index contributed by atoms with van der Waals surface area (Å²) in [6, 6.07) is 0. The van der Waals surface area contributed by atoms with Crippen LogP contribution in [0.25, 0.3) is 0 Å². The average Bonchev–Trinajstić information content (AvgIpc) is 2.30. The van der Waals surface area contributed by atoms with Gasteiger partial charge in [0.05, 0.1) is 16.7 Å². The number of rotatable bonds is 3. The molecule has 0 atom stereocenters. The van der Waals surface area contributed by atoms with Crippen molar-refractivity contribution in [2.45, 2.75) is 58.3 Å². The topological polar surface area (TPSA) is 67.8 Å². The van der Waals surface area contributed by atoms with Crippen LogP contribution in [0.1, 0.15) is 41.5 Å². The predicted octanol–water partition coefficient (Wildman–Crippen LogP) is 2.22. The van der Waals surface area contributed by atoms with Gasteiger partial charge < -0.3 is 19.7 Å². The Labute approximate surface area is 109 Å². The third kappa shape index (κ3) is 3.49. The quantitative estimate of drug-likeness (QED) is 0.759. The van der Waals surface area contributed by atoms with Gasteiger partial charge in [-0.3, -0.25) is 0 Å². The number of hydrogen-bond donors (Lipinski definition) is 2. The van der Waals surface area contributed by atoms with Gasteiger partial charge in [0.25, 0.3) is 0 Å². The molecule has 5 nitrogen and oxygen atoms in total. The molecular formula is C12H22BNO4. The summed E-state index contributed by atoms with van der Waals surface area (Å²) in [6.07, 6.45) is 0.682. The van der Waals surface area contributed by atoms with Crippen LogP contribution in [-0.2, 0) is 9.31 Å². The molecule has 18 heavy (non-hydrogen) atoms. The van der Waals surface area contributed by atoms with Crippen LogP contribution in [-0.4, -0.2) is 35.1 Å². The Morgan fingerprint density at radius 3 is 2.06 bits per heavy atom. The van der Waals surface area contributed by atoms with Crippen LogP contribution < -0.4 is 5.32 Å². The third-order valence-electron chi connectivity index (χ3n) is 3.37. The number of carboxylic acid groups (broad SMARTS) is 1. The lowest BCUT2D eigenvalue weighted by molar-refractivity contribution is 0.00578. The molecule has 1 amide bonds. The zero-order chi connectivity index (χ0) is 14.2. The highest BCUT2D eigenvalue weighted by Gasteiger charge is 2.50. The largest absolute Gasteiger partial charge is 0.486 e. The number of amides is 1. The first kappa shape index (κ1) is 15.1. The fraction of sp³-hybridized carbons (Fsp3) is 0.750. The van der Waals surface area contributed by atoms with Crippen molar-refractivity contribution in [3.63, 3.8) is 0 Å². The van der Waals surface area contributed by atoms with Gasteiger partial charge in [-0.15, -0.1) is 0 Å². The first-order chi connectivity index (χ1) is 7.95. The Bertz CT molecular complexity index is 347. The van der Waals surface area contributed by atoms with E-state index in [0.717, 1.165) is 0 Å². The molecule has 1 saturated heterocycles. The minimum Gasteiger partial charge on any atom is -0.465 e. The summed E-state index contributed by atoms with van der Waals surface area (Å²) < 4.78 is 11.6. The summed E-state index contributed by atoms with van der Waals surface area (Å²) >= 11 is 0. The lowest BCUT2D eigenvalue weighted by atomic mass is 9.87. The smallest absolute Gasteiger partial charge is 0.465 e. The first-order valence-corrected chi connectivity index (χ1v) is 6.01. The third-order valence-corrected chi connectivity index (χ3v) is 3.37. The van der Waals surface area contributed by atoms with E-state index in [9.17, 15) is 4.79 Å². The molecule has 1 heterocycles. The number of nitrogens with one attached hydrogen (secondary N) is 1. The van der Waals surface area contributed by atoms with Gasteiger partial charge in [-0.05, 0) is 41.5 Å². The van der Waals surface area contributed by atoms with Gasteiger partial charge in [0, 0.05) is 0 Å². The Kier molecular flexibility index (Phi) is 3.84. The lowest BCUT2D eigenvalue weighted by Gasteiger charge is -2.32. The molecule has 1 fully saturated rings. The number of carbonyl (C=O) groups is 1. The molecule has 0 aromatic carbocycles. The summed E-state index contributed by atoms with van der Waals surface area (Å²) in [5, 5.41) is 11.1. The molecule has 1 rings (SSSR count). The Morgan fingerprint density at radius 2 is 1.67 bits per heavy atom. The summed E-state index contributed by atoms with van der Waals surface area (Å²) in [5.41, 5.74) is -1.42. The molecule has 0 saturated carbocycles. The zero-order valence-corrected chi connectivity index (χ0v) is 11.9. The van der Waals surface area contributed by atoms with E-state index in [2.05, 4.69) is 5.32 Å². The van der Waals surface area contributed by atoms with Crippen LogP contribution in [0, 0.1) is 0 Å². The molecule has 0 bridgehead atoms. The molecule has 6 heteroatoms. The summed E-state index contributed by atoms with van der Waals surface area (Å²) in [7, 11) is -0.454. The molecule has 2 N–H and O–H groups in total. The summed E-state index contributed by atoms with van der Waals surface area (Å²) in [6.45, 7) is 11.4. The minimum absolute atomic E-state index is 0.383. The van der Waals surface area contributed by atoms with Gasteiger partial charge in [0.2, 0.25) is 0 Å². The molecule has 0 aromatic heterocycles. The van der Waals surface area contributed by atoms with Gasteiger partial charge in [-0.25, -0.2) is 4.79 Å². The second-order valence-electron chi connectivity index (χ2n) is 6.14. The SMILES string of the molecule is CC(C)(C=CB1OC(C)(C)C(C)(C)O1)NC(=O)O. The van der Waals surface area contributed by atoms with E-state index < -0.39 is 18.8 Å². The Hall–Kier alpha value is -1.01. The Morgan fingerprint density at radius 1 is 1.22 bits per heavy atom. The maximum atomic E-state index is 10.6. The van der Waals surface area contributed by atoms with Crippen LogP contribution >= 0.6 is 0 Å². The second kappa shape index (κ2) is 4.59. The normalized spacial score (nSPS) is 22.4. The maximum absolute atomic E-state index is 10.6. The van der Waals surface area contributed by atoms with Crippen LogP contribution in [0.3, 0.4) is 0 Å². The van der Waals surface area contributed by atoms with Gasteiger partial charge in [0.1, 0.15) is 0 Å². The standard InChI is InChI=1S/C12H22BNO4/c1-10(2,14-9(15)16)7-8-13-17-11(3,4)12(5,6)18-13/h7-8,14H,1-6H3,(H,15,16). The molecule has 1 aliphatic rings. The molecule has 1 aliphatic heterocycles. The van der Waals surface area contributed by atoms with Crippen LogP contribution in [0.15, 0.2) is 12.1 Å². The van der Waals surface area contributed by atoms with E-state index >= 15 is 0 Å². The highest BCUT2D eigenvalue weighted by molar-refractivity contribution is 6.51. The molecule has 0 radical (unpaired) electrons. The zero-order valence-electron chi connectivity index (χ0n) is 11.9. The summed E-state index contributed by atoms with van der Waals surface area (Å²) in [5.74, 6) is 1.74. The lowest BCUT2D eigenvalue weighted by Crippen LogP contribution is -2.41. The second-order valence-corrected chi connectivity index (χ2v) is 6.14. The fourth-order valence-corrected chi connectivity index (χ4v) is 1.60. The van der Waals surface area contributed by atoms with E-state index in [1.54, 1.807) is 25.9 Å². The maximum Gasteiger partial charge on any atom is 0.486 e. The molecule has 0 aliphatic carbocycles. The van der Waals surface area contributed by atoms with Crippen molar-refractivity contribution < 1.29 is 19.2 Å². The van der Waals surface area contributed by atoms with Gasteiger partial charge in [-0.1, -0.05) is 12.1 Å². The molecule has 102 valence electrons. The molecule has 0 spiro atoms.